The van der Waals surface area contributed by atoms with Crippen LogP contribution in [-0.2, 0) is 28.8 Å². The summed E-state index contributed by atoms with van der Waals surface area (Å²) in [6.45, 7) is 4.31. The zero-order valence-corrected chi connectivity index (χ0v) is 16.9. The molecule has 6 heteroatoms. The smallest absolute Gasteiger partial charge is 0.341 e. The minimum absolute atomic E-state index is 0.112. The second-order valence-corrected chi connectivity index (χ2v) is 9.34. The summed E-state index contributed by atoms with van der Waals surface area (Å²) in [4.78, 5) is 27.0. The van der Waals surface area contributed by atoms with Gasteiger partial charge >= 0.3 is 5.97 Å². The number of benzene rings is 1. The van der Waals surface area contributed by atoms with Crippen molar-refractivity contribution in [3.8, 4) is 0 Å². The van der Waals surface area contributed by atoms with Crippen LogP contribution in [0.15, 0.2) is 29.2 Å². The Kier molecular flexibility index (Phi) is 6.04. The van der Waals surface area contributed by atoms with Crippen molar-refractivity contribution in [2.24, 2.45) is 0 Å². The van der Waals surface area contributed by atoms with Gasteiger partial charge in [-0.2, -0.15) is 0 Å². The minimum atomic E-state index is -0.366. The van der Waals surface area contributed by atoms with E-state index in [0.717, 1.165) is 30.4 Å². The van der Waals surface area contributed by atoms with Gasteiger partial charge in [-0.15, -0.1) is 23.1 Å². The number of fused-ring (bicyclic) bond motifs is 1. The van der Waals surface area contributed by atoms with E-state index in [1.165, 1.54) is 28.2 Å². The number of ether oxygens (including phenoxy) is 1. The maximum Gasteiger partial charge on any atom is 0.341 e. The van der Waals surface area contributed by atoms with Gasteiger partial charge in [0.05, 0.1) is 19.1 Å². The molecular formula is C20H23NO3S2. The third-order valence-corrected chi connectivity index (χ3v) is 6.45. The predicted octanol–water partition coefficient (Wildman–Crippen LogP) is 4.71. The molecule has 0 bridgehead atoms. The number of methoxy groups -OCH3 is 1. The number of amides is 1. The quantitative estimate of drug-likeness (QED) is 0.574. The lowest BCUT2D eigenvalue weighted by Gasteiger charge is -2.08. The second-order valence-electron chi connectivity index (χ2n) is 6.59. The van der Waals surface area contributed by atoms with Crippen LogP contribution in [0.1, 0.15) is 46.6 Å². The van der Waals surface area contributed by atoms with Gasteiger partial charge < -0.3 is 10.1 Å². The maximum atomic E-state index is 12.5. The molecule has 1 aliphatic carbocycles. The van der Waals surface area contributed by atoms with Crippen molar-refractivity contribution >= 4 is 40.0 Å². The van der Waals surface area contributed by atoms with Crippen molar-refractivity contribution in [2.45, 2.75) is 49.7 Å². The molecule has 0 radical (unpaired) electrons. The molecule has 0 spiro atoms. The number of rotatable bonds is 6. The average Bonchev–Trinajstić information content (AvgIpc) is 3.16. The van der Waals surface area contributed by atoms with Gasteiger partial charge in [-0.1, -0.05) is 26.0 Å². The molecular weight excluding hydrogens is 366 g/mol. The summed E-state index contributed by atoms with van der Waals surface area (Å²) in [5.41, 5.74) is 2.55. The minimum Gasteiger partial charge on any atom is -0.465 e. The molecule has 1 heterocycles. The van der Waals surface area contributed by atoms with E-state index in [-0.39, 0.29) is 18.3 Å². The summed E-state index contributed by atoms with van der Waals surface area (Å²) < 4.78 is 4.92. The van der Waals surface area contributed by atoms with E-state index < -0.39 is 0 Å². The van der Waals surface area contributed by atoms with Crippen LogP contribution in [0.2, 0.25) is 0 Å². The number of thioether (sulfide) groups is 1. The molecule has 0 saturated carbocycles. The van der Waals surface area contributed by atoms with Crippen LogP contribution < -0.4 is 5.32 Å². The molecule has 138 valence electrons. The number of esters is 1. The number of aryl methyl sites for hydroxylation is 1. The number of thiophene rings is 1. The van der Waals surface area contributed by atoms with Crippen LogP contribution in [-0.4, -0.2) is 24.2 Å². The van der Waals surface area contributed by atoms with Crippen LogP contribution in [0.4, 0.5) is 5.00 Å². The Morgan fingerprint density at radius 1 is 1.23 bits per heavy atom. The molecule has 3 rings (SSSR count). The first-order valence-electron chi connectivity index (χ1n) is 8.76. The Labute approximate surface area is 162 Å². The van der Waals surface area contributed by atoms with Crippen LogP contribution in [0, 0.1) is 0 Å². The Morgan fingerprint density at radius 2 is 1.96 bits per heavy atom. The van der Waals surface area contributed by atoms with Crippen LogP contribution in [0.5, 0.6) is 0 Å². The molecule has 1 N–H and O–H groups in total. The Morgan fingerprint density at radius 3 is 2.62 bits per heavy atom. The number of carbonyl (C=O) groups is 2. The highest BCUT2D eigenvalue weighted by Crippen LogP contribution is 2.39. The van der Waals surface area contributed by atoms with E-state index in [1.54, 1.807) is 11.8 Å². The van der Waals surface area contributed by atoms with E-state index in [9.17, 15) is 9.59 Å². The van der Waals surface area contributed by atoms with E-state index in [2.05, 4.69) is 19.2 Å². The highest BCUT2D eigenvalue weighted by Gasteiger charge is 2.27. The van der Waals surface area contributed by atoms with Gasteiger partial charge in [0.1, 0.15) is 5.00 Å². The topological polar surface area (TPSA) is 55.4 Å². The lowest BCUT2D eigenvalue weighted by Crippen LogP contribution is -2.16. The lowest BCUT2D eigenvalue weighted by atomic mass is 10.1. The van der Waals surface area contributed by atoms with Gasteiger partial charge in [-0.25, -0.2) is 4.79 Å². The Balaban J connectivity index is 1.70. The standard InChI is InChI=1S/C20H23NO3S2/c1-12(2)25-14-9-7-13(8-10-14)11-17(22)21-19-18(20(23)24-3)15-5-4-6-16(15)26-19/h7-10,12H,4-6,11H2,1-3H3,(H,21,22). The van der Waals surface area contributed by atoms with Gasteiger partial charge in [0.2, 0.25) is 5.91 Å². The van der Waals surface area contributed by atoms with E-state index in [4.69, 9.17) is 4.74 Å². The molecule has 0 aliphatic heterocycles. The molecule has 0 saturated heterocycles. The number of nitrogens with one attached hydrogen (secondary N) is 1. The van der Waals surface area contributed by atoms with Crippen molar-refractivity contribution in [2.75, 3.05) is 12.4 Å². The van der Waals surface area contributed by atoms with Crippen molar-refractivity contribution in [3.63, 3.8) is 0 Å². The SMILES string of the molecule is COC(=O)c1c(NC(=O)Cc2ccc(SC(C)C)cc2)sc2c1CCC2. The molecule has 1 aromatic heterocycles. The molecule has 0 fully saturated rings. The molecule has 1 aromatic carbocycles. The fourth-order valence-electron chi connectivity index (χ4n) is 3.12. The summed E-state index contributed by atoms with van der Waals surface area (Å²) in [7, 11) is 1.38. The maximum absolute atomic E-state index is 12.5. The zero-order valence-electron chi connectivity index (χ0n) is 15.3. The van der Waals surface area contributed by atoms with E-state index >= 15 is 0 Å². The monoisotopic (exact) mass is 389 g/mol. The summed E-state index contributed by atoms with van der Waals surface area (Å²) in [6, 6.07) is 8.07. The summed E-state index contributed by atoms with van der Waals surface area (Å²) in [6.07, 6.45) is 3.19. The Bertz CT molecular complexity index is 809. The number of anilines is 1. The van der Waals surface area contributed by atoms with Crippen molar-refractivity contribution in [1.29, 1.82) is 0 Å². The molecule has 1 amide bonds. The number of carbonyl (C=O) groups excluding carboxylic acids is 2. The largest absolute Gasteiger partial charge is 0.465 e. The lowest BCUT2D eigenvalue weighted by molar-refractivity contribution is -0.115. The highest BCUT2D eigenvalue weighted by molar-refractivity contribution is 7.99. The molecule has 4 nitrogen and oxygen atoms in total. The molecule has 1 aliphatic rings. The summed E-state index contributed by atoms with van der Waals surface area (Å²) in [5.74, 6) is -0.478. The first kappa shape index (κ1) is 19.0. The van der Waals surface area contributed by atoms with Crippen molar-refractivity contribution in [1.82, 2.24) is 0 Å². The first-order valence-corrected chi connectivity index (χ1v) is 10.5. The molecule has 0 atom stereocenters. The van der Waals surface area contributed by atoms with E-state index in [1.807, 2.05) is 24.3 Å². The second kappa shape index (κ2) is 8.27. The highest BCUT2D eigenvalue weighted by atomic mass is 32.2. The predicted molar refractivity (Wildman–Crippen MR) is 107 cm³/mol. The summed E-state index contributed by atoms with van der Waals surface area (Å²) in [5, 5.41) is 4.08. The number of hydrogen-bond donors (Lipinski definition) is 1. The molecule has 2 aromatic rings. The third kappa shape index (κ3) is 4.30. The van der Waals surface area contributed by atoms with Crippen LogP contribution in [0.25, 0.3) is 0 Å². The van der Waals surface area contributed by atoms with Crippen LogP contribution >= 0.6 is 23.1 Å². The molecule has 26 heavy (non-hydrogen) atoms. The Hall–Kier alpha value is -1.79. The first-order chi connectivity index (χ1) is 12.5. The number of hydrogen-bond acceptors (Lipinski definition) is 5. The van der Waals surface area contributed by atoms with Gasteiger partial charge in [0, 0.05) is 15.0 Å². The fraction of sp³-hybridized carbons (Fsp3) is 0.400. The van der Waals surface area contributed by atoms with Gasteiger partial charge in [0.15, 0.2) is 0 Å². The average molecular weight is 390 g/mol. The molecule has 0 unspecified atom stereocenters. The van der Waals surface area contributed by atoms with Gasteiger partial charge in [0.25, 0.3) is 0 Å². The van der Waals surface area contributed by atoms with Gasteiger partial charge in [-0.3, -0.25) is 4.79 Å². The van der Waals surface area contributed by atoms with E-state index in [0.29, 0.717) is 15.8 Å². The third-order valence-electron chi connectivity index (χ3n) is 4.22. The van der Waals surface area contributed by atoms with Crippen molar-refractivity contribution in [3.05, 3.63) is 45.8 Å². The van der Waals surface area contributed by atoms with Crippen LogP contribution in [0.3, 0.4) is 0 Å². The van der Waals surface area contributed by atoms with Gasteiger partial charge in [-0.05, 0) is 42.5 Å². The summed E-state index contributed by atoms with van der Waals surface area (Å²) >= 11 is 3.30. The van der Waals surface area contributed by atoms with Crippen molar-refractivity contribution < 1.29 is 14.3 Å². The normalized spacial score (nSPS) is 12.9. The fourth-order valence-corrected chi connectivity index (χ4v) is 5.26. The zero-order chi connectivity index (χ0) is 18.7.